The summed E-state index contributed by atoms with van der Waals surface area (Å²) in [6.07, 6.45) is 9.55. The maximum Gasteiger partial charge on any atom is 0.412 e. The normalized spacial score (nSPS) is 29.6. The molecule has 3 fully saturated rings. The first-order valence-corrected chi connectivity index (χ1v) is 11.5. The van der Waals surface area contributed by atoms with Gasteiger partial charge in [0, 0.05) is 17.7 Å². The van der Waals surface area contributed by atoms with E-state index in [2.05, 4.69) is 10.4 Å². The van der Waals surface area contributed by atoms with E-state index in [9.17, 15) is 14.7 Å². The third kappa shape index (κ3) is 3.13. The molecule has 4 atom stereocenters. The number of fused-ring (bicyclic) bond motifs is 1. The molecule has 2 N–H and O–H groups in total. The van der Waals surface area contributed by atoms with E-state index in [1.165, 1.54) is 17.7 Å². The van der Waals surface area contributed by atoms with Crippen LogP contribution in [0.1, 0.15) is 51.5 Å². The molecule has 31 heavy (non-hydrogen) atoms. The molecule has 1 aromatic carbocycles. The van der Waals surface area contributed by atoms with Gasteiger partial charge in [0.15, 0.2) is 5.78 Å². The molecule has 4 aliphatic rings. The molecule has 1 aliphatic heterocycles. The number of benzene rings is 1. The van der Waals surface area contributed by atoms with E-state index in [-0.39, 0.29) is 17.7 Å². The van der Waals surface area contributed by atoms with E-state index in [0.717, 1.165) is 42.5 Å². The minimum Gasteiger partial charge on any atom is -0.465 e. The van der Waals surface area contributed by atoms with Crippen molar-refractivity contribution < 1.29 is 14.7 Å². The predicted octanol–water partition coefficient (Wildman–Crippen LogP) is 4.56. The zero-order chi connectivity index (χ0) is 21.3. The average molecular weight is 421 g/mol. The zero-order valence-electron chi connectivity index (χ0n) is 17.7. The highest BCUT2D eigenvalue weighted by Gasteiger charge is 2.50. The molecular formula is C24H28N4O3. The Morgan fingerprint density at radius 3 is 2.55 bits per heavy atom. The Bertz CT molecular complexity index is 1050. The highest BCUT2D eigenvalue weighted by molar-refractivity contribution is 6.04. The fraction of sp³-hybridized carbons (Fsp3) is 0.542. The summed E-state index contributed by atoms with van der Waals surface area (Å²) in [6, 6.07) is 5.33. The summed E-state index contributed by atoms with van der Waals surface area (Å²) in [6.45, 7) is 1.92. The first-order valence-electron chi connectivity index (χ1n) is 11.5. The molecule has 7 heteroatoms. The topological polar surface area (TPSA) is 87.5 Å². The number of hydrogen-bond donors (Lipinski definition) is 2. The molecule has 0 radical (unpaired) electrons. The van der Waals surface area contributed by atoms with Gasteiger partial charge in [0.2, 0.25) is 0 Å². The van der Waals surface area contributed by atoms with Crippen LogP contribution in [0.15, 0.2) is 30.6 Å². The van der Waals surface area contributed by atoms with Crippen LogP contribution in [-0.2, 0) is 4.79 Å². The number of nitrogens with zero attached hydrogens (tertiary/aromatic N) is 3. The maximum absolute atomic E-state index is 13.5. The second kappa shape index (κ2) is 6.84. The van der Waals surface area contributed by atoms with Gasteiger partial charge in [-0.1, -0.05) is 6.07 Å². The molecule has 2 heterocycles. The molecule has 6 rings (SSSR count). The fourth-order valence-corrected chi connectivity index (χ4v) is 5.54. The molecule has 1 aromatic heterocycles. The van der Waals surface area contributed by atoms with Crippen molar-refractivity contribution >= 4 is 23.3 Å². The number of carboxylic acid groups (broad SMARTS) is 1. The third-order valence-electron chi connectivity index (χ3n) is 7.67. The molecule has 7 nitrogen and oxygen atoms in total. The Morgan fingerprint density at radius 1 is 1.10 bits per heavy atom. The van der Waals surface area contributed by atoms with Crippen LogP contribution in [0.3, 0.4) is 0 Å². The van der Waals surface area contributed by atoms with Crippen molar-refractivity contribution in [3.8, 4) is 11.1 Å². The van der Waals surface area contributed by atoms with Gasteiger partial charge in [0.05, 0.1) is 29.7 Å². The highest BCUT2D eigenvalue weighted by atomic mass is 16.4. The Hall–Kier alpha value is -2.83. The molecule has 0 bridgehead atoms. The summed E-state index contributed by atoms with van der Waals surface area (Å²) in [7, 11) is 0. The number of nitrogens with one attached hydrogen (secondary N) is 1. The number of amides is 1. The van der Waals surface area contributed by atoms with Gasteiger partial charge in [0.1, 0.15) is 6.04 Å². The second-order valence-corrected chi connectivity index (χ2v) is 9.79. The quantitative estimate of drug-likeness (QED) is 0.741. The van der Waals surface area contributed by atoms with Gasteiger partial charge < -0.3 is 10.4 Å². The van der Waals surface area contributed by atoms with E-state index in [1.54, 1.807) is 0 Å². The van der Waals surface area contributed by atoms with Crippen LogP contribution in [0.2, 0.25) is 0 Å². The second-order valence-electron chi connectivity index (χ2n) is 9.79. The van der Waals surface area contributed by atoms with Gasteiger partial charge in [-0.25, -0.2) is 4.79 Å². The minimum absolute atomic E-state index is 0.00473. The summed E-state index contributed by atoms with van der Waals surface area (Å²) in [5.41, 5.74) is 3.20. The molecule has 0 spiro atoms. The van der Waals surface area contributed by atoms with Crippen LogP contribution in [0.25, 0.3) is 11.1 Å². The highest BCUT2D eigenvalue weighted by Crippen LogP contribution is 2.51. The van der Waals surface area contributed by atoms with Crippen molar-refractivity contribution in [1.82, 2.24) is 9.78 Å². The number of Topliss-reactive ketones (excluding diaryl/α,β-unsaturated/α-hetero) is 1. The van der Waals surface area contributed by atoms with E-state index in [0.29, 0.717) is 23.6 Å². The smallest absolute Gasteiger partial charge is 0.412 e. The van der Waals surface area contributed by atoms with Crippen LogP contribution >= 0.6 is 0 Å². The standard InChI is InChI=1S/C24H28N4O3/c1-13-22(23(29)19-8-7-18(19)14-2-3-14)28(24(30)31)21-10-15(4-9-20(21)26-13)16-11-25-27(12-16)17-5-6-17/h4,9-14,17-19,22,26H,2-3,5-8H2,1H3,(H,30,31)/t13-,18?,19?,22?/m0/s1. The van der Waals surface area contributed by atoms with Gasteiger partial charge in [-0.2, -0.15) is 5.10 Å². The van der Waals surface area contributed by atoms with Gasteiger partial charge >= 0.3 is 6.09 Å². The van der Waals surface area contributed by atoms with Gasteiger partial charge in [-0.05, 0) is 75.0 Å². The van der Waals surface area contributed by atoms with Crippen molar-refractivity contribution in [3.63, 3.8) is 0 Å². The summed E-state index contributed by atoms with van der Waals surface area (Å²) < 4.78 is 1.99. The van der Waals surface area contributed by atoms with E-state index >= 15 is 0 Å². The summed E-state index contributed by atoms with van der Waals surface area (Å²) in [5, 5.41) is 18.0. The number of hydrogen-bond acceptors (Lipinski definition) is 4. The number of anilines is 2. The molecule has 3 aliphatic carbocycles. The van der Waals surface area contributed by atoms with E-state index < -0.39 is 12.1 Å². The Kier molecular flexibility index (Phi) is 4.17. The first-order chi connectivity index (χ1) is 15.0. The number of carbonyl (C=O) groups excluding carboxylic acids is 1. The van der Waals surface area contributed by atoms with Crippen molar-refractivity contribution in [2.75, 3.05) is 10.2 Å². The third-order valence-corrected chi connectivity index (χ3v) is 7.67. The molecule has 3 unspecified atom stereocenters. The lowest BCUT2D eigenvalue weighted by atomic mass is 9.66. The molecule has 0 saturated heterocycles. The lowest BCUT2D eigenvalue weighted by Crippen LogP contribution is -2.59. The number of aromatic nitrogens is 2. The van der Waals surface area contributed by atoms with Crippen LogP contribution in [0, 0.1) is 17.8 Å². The first kappa shape index (κ1) is 18.9. The van der Waals surface area contributed by atoms with Crippen molar-refractivity contribution in [1.29, 1.82) is 0 Å². The fourth-order valence-electron chi connectivity index (χ4n) is 5.54. The van der Waals surface area contributed by atoms with Crippen LogP contribution in [0.4, 0.5) is 16.2 Å². The Labute approximate surface area is 181 Å². The minimum atomic E-state index is -1.07. The van der Waals surface area contributed by atoms with Crippen LogP contribution in [-0.4, -0.2) is 38.8 Å². The van der Waals surface area contributed by atoms with Crippen LogP contribution in [0.5, 0.6) is 0 Å². The van der Waals surface area contributed by atoms with Crippen molar-refractivity contribution in [2.45, 2.75) is 63.6 Å². The lowest BCUT2D eigenvalue weighted by Gasteiger charge is -2.44. The molecule has 162 valence electrons. The summed E-state index contributed by atoms with van der Waals surface area (Å²) >= 11 is 0. The van der Waals surface area contributed by atoms with Crippen LogP contribution < -0.4 is 10.2 Å². The molecule has 2 aromatic rings. The van der Waals surface area contributed by atoms with Gasteiger partial charge in [0.25, 0.3) is 0 Å². The zero-order valence-corrected chi connectivity index (χ0v) is 17.7. The summed E-state index contributed by atoms with van der Waals surface area (Å²) in [4.78, 5) is 27.3. The van der Waals surface area contributed by atoms with Gasteiger partial charge in [-0.3, -0.25) is 14.4 Å². The number of ketones is 1. The van der Waals surface area contributed by atoms with E-state index in [4.69, 9.17) is 0 Å². The summed E-state index contributed by atoms with van der Waals surface area (Å²) in [5.74, 6) is 1.22. The van der Waals surface area contributed by atoms with Gasteiger partial charge in [-0.15, -0.1) is 0 Å². The Balaban J connectivity index is 1.34. The number of carbonyl (C=O) groups is 2. The lowest BCUT2D eigenvalue weighted by molar-refractivity contribution is -0.130. The Morgan fingerprint density at radius 2 is 1.90 bits per heavy atom. The van der Waals surface area contributed by atoms with Crippen molar-refractivity contribution in [3.05, 3.63) is 30.6 Å². The predicted molar refractivity (Wildman–Crippen MR) is 117 cm³/mol. The molecular weight excluding hydrogens is 392 g/mol. The van der Waals surface area contributed by atoms with E-state index in [1.807, 2.05) is 42.2 Å². The molecule has 1 amide bonds. The maximum atomic E-state index is 13.5. The largest absolute Gasteiger partial charge is 0.465 e. The molecule has 3 saturated carbocycles. The SMILES string of the molecule is C[C@@H]1Nc2ccc(-c3cnn(C4CC4)c3)cc2N(C(=O)O)C1C(=O)C1CCC1C1CC1. The average Bonchev–Trinajstić information content (AvgIpc) is 3.65. The number of rotatable bonds is 5. The monoisotopic (exact) mass is 420 g/mol. The van der Waals surface area contributed by atoms with Crippen molar-refractivity contribution in [2.24, 2.45) is 17.8 Å².